The van der Waals surface area contributed by atoms with Crippen LogP contribution in [0.5, 0.6) is 0 Å². The predicted molar refractivity (Wildman–Crippen MR) is 259 cm³/mol. The van der Waals surface area contributed by atoms with Crippen LogP contribution >= 0.6 is 0 Å². The van der Waals surface area contributed by atoms with Crippen molar-refractivity contribution >= 4 is 46.3 Å². The molecule has 0 saturated carbocycles. The van der Waals surface area contributed by atoms with Gasteiger partial charge in [0, 0.05) is 34.1 Å². The molecule has 0 amide bonds. The molecule has 0 aliphatic rings. The number of hydrogen-bond donors (Lipinski definition) is 0. The lowest BCUT2D eigenvalue weighted by atomic mass is 9.87. The summed E-state index contributed by atoms with van der Waals surface area (Å²) in [5.41, 5.74) is 16.8. The molecule has 0 aliphatic carbocycles. The van der Waals surface area contributed by atoms with E-state index >= 15 is 0 Å². The van der Waals surface area contributed by atoms with Gasteiger partial charge in [0.05, 0.1) is 0 Å². The highest BCUT2D eigenvalue weighted by molar-refractivity contribution is 5.81. The van der Waals surface area contributed by atoms with Gasteiger partial charge in [-0.3, -0.25) is 0 Å². The van der Waals surface area contributed by atoms with E-state index in [0.717, 1.165) is 34.1 Å². The average molecular weight is 779 g/mol. The van der Waals surface area contributed by atoms with Crippen LogP contribution in [0.25, 0.3) is 34.4 Å². The third kappa shape index (κ3) is 9.20. The molecule has 0 N–H and O–H groups in total. The lowest BCUT2D eigenvalue weighted by Crippen LogP contribution is -2.13. The van der Waals surface area contributed by atoms with Gasteiger partial charge < -0.3 is 9.80 Å². The number of nitrogens with zero attached hydrogens (tertiary/aromatic N) is 2. The summed E-state index contributed by atoms with van der Waals surface area (Å²) in [4.78, 5) is 4.64. The highest BCUT2D eigenvalue weighted by Crippen LogP contribution is 2.38. The second-order valence-electron chi connectivity index (χ2n) is 17.6. The van der Waals surface area contributed by atoms with Crippen LogP contribution in [-0.4, -0.2) is 0 Å². The van der Waals surface area contributed by atoms with E-state index in [-0.39, 0.29) is 10.8 Å². The Bertz CT molecular complexity index is 2440. The highest BCUT2D eigenvalue weighted by Gasteiger charge is 2.18. The van der Waals surface area contributed by atoms with Crippen molar-refractivity contribution in [3.63, 3.8) is 0 Å². The Morgan fingerprint density at radius 2 is 0.500 bits per heavy atom. The number of benzene rings is 8. The first-order valence-corrected chi connectivity index (χ1v) is 21.0. The van der Waals surface area contributed by atoms with Gasteiger partial charge in [-0.1, -0.05) is 187 Å². The van der Waals surface area contributed by atoms with Gasteiger partial charge >= 0.3 is 0 Å². The van der Waals surface area contributed by atoms with Gasteiger partial charge in [-0.2, -0.15) is 0 Å². The molecule has 0 aromatic heterocycles. The van der Waals surface area contributed by atoms with Crippen molar-refractivity contribution in [2.45, 2.75) is 52.4 Å². The molecule has 8 rings (SSSR count). The van der Waals surface area contributed by atoms with E-state index < -0.39 is 0 Å². The van der Waals surface area contributed by atoms with Crippen molar-refractivity contribution in [2.75, 3.05) is 9.80 Å². The molecule has 0 heterocycles. The lowest BCUT2D eigenvalue weighted by Gasteiger charge is -2.27. The van der Waals surface area contributed by atoms with Gasteiger partial charge in [0.15, 0.2) is 0 Å². The highest BCUT2D eigenvalue weighted by atomic mass is 15.1. The maximum absolute atomic E-state index is 2.32. The molecule has 0 aliphatic heterocycles. The van der Waals surface area contributed by atoms with E-state index in [1.165, 1.54) is 44.5 Å². The minimum Gasteiger partial charge on any atom is -0.311 e. The second-order valence-corrected chi connectivity index (χ2v) is 17.6. The third-order valence-electron chi connectivity index (χ3n) is 11.2. The average Bonchev–Trinajstić information content (AvgIpc) is 3.27. The van der Waals surface area contributed by atoms with Crippen molar-refractivity contribution in [3.8, 4) is 22.3 Å². The summed E-state index contributed by atoms with van der Waals surface area (Å²) in [6, 6.07) is 74.5. The molecule has 296 valence electrons. The van der Waals surface area contributed by atoms with Crippen LogP contribution in [0.3, 0.4) is 0 Å². The second kappa shape index (κ2) is 17.1. The fourth-order valence-electron chi connectivity index (χ4n) is 7.64. The minimum absolute atomic E-state index is 0.109. The smallest absolute Gasteiger partial charge is 0.0462 e. The van der Waals surface area contributed by atoms with Gasteiger partial charge in [-0.05, 0) is 128 Å². The molecule has 2 heteroatoms. The number of rotatable bonds is 10. The maximum Gasteiger partial charge on any atom is 0.0462 e. The van der Waals surface area contributed by atoms with Gasteiger partial charge in [0.1, 0.15) is 0 Å². The van der Waals surface area contributed by atoms with Gasteiger partial charge in [0.2, 0.25) is 0 Å². The Morgan fingerprint density at radius 3 is 0.767 bits per heavy atom. The van der Waals surface area contributed by atoms with E-state index in [1.54, 1.807) is 0 Å². The van der Waals surface area contributed by atoms with Gasteiger partial charge in [-0.25, -0.2) is 0 Å². The molecule has 8 aromatic rings. The van der Waals surface area contributed by atoms with Crippen LogP contribution < -0.4 is 9.80 Å². The molecule has 0 radical (unpaired) electrons. The molecule has 8 aromatic carbocycles. The minimum atomic E-state index is 0.109. The predicted octanol–water partition coefficient (Wildman–Crippen LogP) is 16.7. The molecule has 0 bridgehead atoms. The molecule has 0 saturated heterocycles. The zero-order chi connectivity index (χ0) is 41.7. The largest absolute Gasteiger partial charge is 0.311 e. The van der Waals surface area contributed by atoms with Crippen LogP contribution in [0.1, 0.15) is 63.8 Å². The summed E-state index contributed by atoms with van der Waals surface area (Å²) in [5.74, 6) is 0. The van der Waals surface area contributed by atoms with E-state index in [0.29, 0.717) is 0 Å². The molecule has 0 spiro atoms. The van der Waals surface area contributed by atoms with Gasteiger partial charge in [-0.15, -0.1) is 0 Å². The van der Waals surface area contributed by atoms with E-state index in [9.17, 15) is 0 Å². The molecule has 0 atom stereocenters. The molecule has 2 nitrogen and oxygen atoms in total. The van der Waals surface area contributed by atoms with Crippen LogP contribution in [0, 0.1) is 0 Å². The first-order chi connectivity index (χ1) is 29.0. The monoisotopic (exact) mass is 778 g/mol. The van der Waals surface area contributed by atoms with Crippen molar-refractivity contribution in [3.05, 3.63) is 229 Å². The van der Waals surface area contributed by atoms with E-state index in [4.69, 9.17) is 0 Å². The number of anilines is 6. The molecule has 0 unspecified atom stereocenters. The fourth-order valence-corrected chi connectivity index (χ4v) is 7.64. The summed E-state index contributed by atoms with van der Waals surface area (Å²) in [6.07, 6.45) is 4.37. The Balaban J connectivity index is 0.939. The van der Waals surface area contributed by atoms with Crippen LogP contribution in [0.4, 0.5) is 34.1 Å². The van der Waals surface area contributed by atoms with Crippen molar-refractivity contribution in [2.24, 2.45) is 0 Å². The van der Waals surface area contributed by atoms with Crippen LogP contribution in [-0.2, 0) is 10.8 Å². The standard InChI is InChI=1S/C58H54N2/c1-57(2,3)49-31-39-55(40-32-49)59(51-13-9-7-10-14-51)53-35-27-47(28-36-53)45-23-19-43(20-24-45)17-18-44-21-25-46(26-22-44)48-29-37-54(38-30-48)60(52-15-11-8-12-16-52)56-41-33-50(34-42-56)58(4,5)6/h7-42H,1-6H3. The maximum atomic E-state index is 2.32. The SMILES string of the molecule is CC(C)(C)c1ccc(N(c2ccccc2)c2ccc(-c3ccc(C=Cc4ccc(-c5ccc(N(c6ccccc6)c6ccc(C(C)(C)C)cc6)cc5)cc4)cc3)cc2)cc1. The molecular formula is C58H54N2. The van der Waals surface area contributed by atoms with Crippen molar-refractivity contribution < 1.29 is 0 Å². The quantitative estimate of drug-likeness (QED) is 0.128. The topological polar surface area (TPSA) is 6.48 Å². The van der Waals surface area contributed by atoms with Crippen molar-refractivity contribution in [1.82, 2.24) is 0 Å². The number of para-hydroxylation sites is 2. The zero-order valence-corrected chi connectivity index (χ0v) is 35.7. The van der Waals surface area contributed by atoms with Crippen LogP contribution in [0.2, 0.25) is 0 Å². The molecular weight excluding hydrogens is 725 g/mol. The molecule has 60 heavy (non-hydrogen) atoms. The molecule has 0 fully saturated rings. The summed E-state index contributed by atoms with van der Waals surface area (Å²) in [5, 5.41) is 0. The Hall–Kier alpha value is -6.90. The number of hydrogen-bond acceptors (Lipinski definition) is 2. The Labute approximate surface area is 357 Å². The fraction of sp³-hybridized carbons (Fsp3) is 0.138. The third-order valence-corrected chi connectivity index (χ3v) is 11.2. The Morgan fingerprint density at radius 1 is 0.267 bits per heavy atom. The lowest BCUT2D eigenvalue weighted by molar-refractivity contribution is 0.590. The zero-order valence-electron chi connectivity index (χ0n) is 35.7. The summed E-state index contributed by atoms with van der Waals surface area (Å²) >= 11 is 0. The first kappa shape index (κ1) is 39.9. The van der Waals surface area contributed by atoms with E-state index in [2.05, 4.69) is 270 Å². The van der Waals surface area contributed by atoms with Crippen LogP contribution in [0.15, 0.2) is 206 Å². The summed E-state index contributed by atoms with van der Waals surface area (Å²) < 4.78 is 0. The van der Waals surface area contributed by atoms with Gasteiger partial charge in [0.25, 0.3) is 0 Å². The summed E-state index contributed by atoms with van der Waals surface area (Å²) in [6.45, 7) is 13.5. The van der Waals surface area contributed by atoms with Crippen molar-refractivity contribution in [1.29, 1.82) is 0 Å². The normalized spacial score (nSPS) is 11.8. The Kier molecular flexibility index (Phi) is 11.4. The van der Waals surface area contributed by atoms with E-state index in [1.807, 2.05) is 0 Å². The summed E-state index contributed by atoms with van der Waals surface area (Å²) in [7, 11) is 0. The first-order valence-electron chi connectivity index (χ1n) is 21.0.